The van der Waals surface area contributed by atoms with Crippen molar-refractivity contribution in [2.24, 2.45) is 0 Å². The topological polar surface area (TPSA) is 64.6 Å². The first kappa shape index (κ1) is 22.7. The second-order valence-corrected chi connectivity index (χ2v) is 8.84. The molecule has 1 aromatic carbocycles. The molecule has 0 aliphatic heterocycles. The predicted molar refractivity (Wildman–Crippen MR) is 93.2 cm³/mol. The number of rotatable bonds is 6. The summed E-state index contributed by atoms with van der Waals surface area (Å²) in [5.74, 6) is -1.50. The van der Waals surface area contributed by atoms with E-state index in [1.165, 1.54) is 19.1 Å². The number of ether oxygens (including phenoxy) is 2. The standard InChI is InChI=1S/C16H21ClF3NO4S/c1-6-24-13(22)15(5,21-26(23)14(2,3)4)10-8-7-9-11(12(10)17)25-16(18,19)20/h7-9,21H,6H2,1-5H3/t15-,26+/m1/s1. The molecular formula is C16H21ClF3NO4S. The summed E-state index contributed by atoms with van der Waals surface area (Å²) in [6, 6.07) is 3.61. The summed E-state index contributed by atoms with van der Waals surface area (Å²) in [5, 5.41) is -0.432. The van der Waals surface area contributed by atoms with Crippen molar-refractivity contribution in [3.05, 3.63) is 28.8 Å². The minimum absolute atomic E-state index is 0.0224. The lowest BCUT2D eigenvalue weighted by Crippen LogP contribution is -2.52. The zero-order valence-corrected chi connectivity index (χ0v) is 16.6. The van der Waals surface area contributed by atoms with Gasteiger partial charge in [0, 0.05) is 5.56 Å². The largest absolute Gasteiger partial charge is 0.573 e. The van der Waals surface area contributed by atoms with Gasteiger partial charge < -0.3 is 9.47 Å². The Morgan fingerprint density at radius 3 is 2.27 bits per heavy atom. The number of carbonyl (C=O) groups is 1. The van der Waals surface area contributed by atoms with Crippen LogP contribution >= 0.6 is 11.6 Å². The molecule has 26 heavy (non-hydrogen) atoms. The van der Waals surface area contributed by atoms with E-state index in [-0.39, 0.29) is 12.2 Å². The Balaban J connectivity index is 3.46. The van der Waals surface area contributed by atoms with Crippen LogP contribution in [0.4, 0.5) is 13.2 Å². The Morgan fingerprint density at radius 2 is 1.81 bits per heavy atom. The van der Waals surface area contributed by atoms with E-state index in [2.05, 4.69) is 9.46 Å². The van der Waals surface area contributed by atoms with Gasteiger partial charge in [-0.15, -0.1) is 13.2 Å². The minimum Gasteiger partial charge on any atom is -0.464 e. The molecule has 2 atom stereocenters. The highest BCUT2D eigenvalue weighted by Crippen LogP contribution is 2.38. The van der Waals surface area contributed by atoms with Gasteiger partial charge in [-0.2, -0.15) is 0 Å². The van der Waals surface area contributed by atoms with Crippen molar-refractivity contribution in [2.75, 3.05) is 6.61 Å². The van der Waals surface area contributed by atoms with Gasteiger partial charge in [-0.1, -0.05) is 23.7 Å². The van der Waals surface area contributed by atoms with Crippen molar-refractivity contribution < 1.29 is 31.6 Å². The fourth-order valence-corrected chi connectivity index (χ4v) is 3.14. The van der Waals surface area contributed by atoms with Crippen LogP contribution in [0.1, 0.15) is 40.2 Å². The van der Waals surface area contributed by atoms with Crippen molar-refractivity contribution in [2.45, 2.75) is 51.3 Å². The predicted octanol–water partition coefficient (Wildman–Crippen LogP) is 4.07. The van der Waals surface area contributed by atoms with Crippen LogP contribution in [0.5, 0.6) is 5.75 Å². The molecule has 10 heteroatoms. The van der Waals surface area contributed by atoms with Gasteiger partial charge in [0.1, 0.15) is 5.75 Å². The molecule has 0 heterocycles. The Labute approximate surface area is 157 Å². The van der Waals surface area contributed by atoms with E-state index in [0.29, 0.717) is 0 Å². The van der Waals surface area contributed by atoms with Crippen molar-refractivity contribution in [3.63, 3.8) is 0 Å². The van der Waals surface area contributed by atoms with Crippen LogP contribution in [0.2, 0.25) is 5.02 Å². The molecule has 0 saturated heterocycles. The molecule has 0 unspecified atom stereocenters. The molecule has 0 bridgehead atoms. The number of nitrogens with one attached hydrogen (secondary N) is 1. The second kappa shape index (κ2) is 8.14. The van der Waals surface area contributed by atoms with E-state index < -0.39 is 44.4 Å². The maximum atomic E-state index is 12.6. The summed E-state index contributed by atoms with van der Waals surface area (Å²) in [6.45, 7) is 7.96. The molecule has 0 amide bonds. The van der Waals surface area contributed by atoms with Crippen LogP contribution in [-0.2, 0) is 26.1 Å². The van der Waals surface area contributed by atoms with Crippen molar-refractivity contribution in [1.29, 1.82) is 0 Å². The van der Waals surface area contributed by atoms with Gasteiger partial charge >= 0.3 is 12.3 Å². The summed E-state index contributed by atoms with van der Waals surface area (Å²) in [7, 11) is -1.74. The fraction of sp³-hybridized carbons (Fsp3) is 0.562. The third-order valence-electron chi connectivity index (χ3n) is 3.26. The van der Waals surface area contributed by atoms with Crippen molar-refractivity contribution >= 4 is 28.6 Å². The van der Waals surface area contributed by atoms with Gasteiger partial charge in [0.05, 0.1) is 27.4 Å². The molecule has 1 aromatic rings. The molecule has 148 valence electrons. The van der Waals surface area contributed by atoms with Crippen LogP contribution in [-0.4, -0.2) is 27.9 Å². The number of carbonyl (C=O) groups excluding carboxylic acids is 1. The van der Waals surface area contributed by atoms with Crippen molar-refractivity contribution in [3.8, 4) is 5.75 Å². The van der Waals surface area contributed by atoms with E-state index in [9.17, 15) is 22.2 Å². The van der Waals surface area contributed by atoms with E-state index in [4.69, 9.17) is 16.3 Å². The Hall–Kier alpha value is -1.32. The number of benzene rings is 1. The zero-order valence-electron chi connectivity index (χ0n) is 15.0. The maximum absolute atomic E-state index is 12.6. The smallest absolute Gasteiger partial charge is 0.464 e. The second-order valence-electron chi connectivity index (χ2n) is 6.49. The molecule has 0 saturated carbocycles. The van der Waals surface area contributed by atoms with Gasteiger partial charge in [-0.3, -0.25) is 0 Å². The monoisotopic (exact) mass is 415 g/mol. The lowest BCUT2D eigenvalue weighted by Gasteiger charge is -2.32. The normalized spacial score (nSPS) is 15.9. The molecule has 1 rings (SSSR count). The SMILES string of the molecule is CCOC(=O)[C@](C)(N[S@@](=O)C(C)(C)C)c1cccc(OC(F)(F)F)c1Cl. The summed E-state index contributed by atoms with van der Waals surface area (Å²) >= 11 is 6.07. The van der Waals surface area contributed by atoms with Gasteiger partial charge in [0.2, 0.25) is 0 Å². The first-order valence-corrected chi connectivity index (χ1v) is 9.16. The minimum atomic E-state index is -4.95. The third-order valence-corrected chi connectivity index (χ3v) is 5.36. The van der Waals surface area contributed by atoms with Crippen LogP contribution in [0.15, 0.2) is 18.2 Å². The summed E-state index contributed by atoms with van der Waals surface area (Å²) in [5.41, 5.74) is -1.80. The lowest BCUT2D eigenvalue weighted by molar-refractivity contribution is -0.274. The Morgan fingerprint density at radius 1 is 1.23 bits per heavy atom. The highest BCUT2D eigenvalue weighted by molar-refractivity contribution is 7.84. The quantitative estimate of drug-likeness (QED) is 0.711. The van der Waals surface area contributed by atoms with E-state index in [1.807, 2.05) is 0 Å². The van der Waals surface area contributed by atoms with Crippen molar-refractivity contribution in [1.82, 2.24) is 4.72 Å². The van der Waals surface area contributed by atoms with E-state index in [0.717, 1.165) is 6.07 Å². The first-order chi connectivity index (χ1) is 11.7. The average Bonchev–Trinajstić information content (AvgIpc) is 2.47. The summed E-state index contributed by atoms with van der Waals surface area (Å²) in [4.78, 5) is 12.5. The molecule has 0 radical (unpaired) electrons. The number of halogens is 4. The van der Waals surface area contributed by atoms with Gasteiger partial charge in [-0.05, 0) is 40.7 Å². The highest BCUT2D eigenvalue weighted by atomic mass is 35.5. The van der Waals surface area contributed by atoms with E-state index >= 15 is 0 Å². The third kappa shape index (κ3) is 5.59. The average molecular weight is 416 g/mol. The molecular weight excluding hydrogens is 395 g/mol. The number of esters is 1. The summed E-state index contributed by atoms with van der Waals surface area (Å²) in [6.07, 6.45) is -4.95. The van der Waals surface area contributed by atoms with Crippen LogP contribution < -0.4 is 9.46 Å². The number of hydrogen-bond donors (Lipinski definition) is 1. The maximum Gasteiger partial charge on any atom is 0.573 e. The molecule has 0 fully saturated rings. The Bertz CT molecular complexity index is 691. The molecule has 0 aliphatic rings. The van der Waals surface area contributed by atoms with Crippen LogP contribution in [0.25, 0.3) is 0 Å². The van der Waals surface area contributed by atoms with Gasteiger partial charge in [-0.25, -0.2) is 13.7 Å². The van der Waals surface area contributed by atoms with E-state index in [1.54, 1.807) is 27.7 Å². The summed E-state index contributed by atoms with van der Waals surface area (Å²) < 4.78 is 61.0. The first-order valence-electron chi connectivity index (χ1n) is 7.64. The number of hydrogen-bond acceptors (Lipinski definition) is 4. The van der Waals surface area contributed by atoms with Crippen LogP contribution in [0.3, 0.4) is 0 Å². The molecule has 0 aliphatic carbocycles. The van der Waals surface area contributed by atoms with Gasteiger partial charge in [0.25, 0.3) is 0 Å². The zero-order chi connectivity index (χ0) is 20.3. The molecule has 0 spiro atoms. The molecule has 0 aromatic heterocycles. The van der Waals surface area contributed by atoms with Crippen LogP contribution in [0, 0.1) is 0 Å². The fourth-order valence-electron chi connectivity index (χ4n) is 1.92. The molecule has 5 nitrogen and oxygen atoms in total. The highest BCUT2D eigenvalue weighted by Gasteiger charge is 2.43. The number of alkyl halides is 3. The Kier molecular flexibility index (Phi) is 7.11. The molecule has 1 N–H and O–H groups in total. The van der Waals surface area contributed by atoms with Gasteiger partial charge in [0.15, 0.2) is 5.54 Å². The lowest BCUT2D eigenvalue weighted by atomic mass is 9.93.